The van der Waals surface area contributed by atoms with Crippen LogP contribution in [0.15, 0.2) is 66.7 Å². The Labute approximate surface area is 194 Å². The maximum Gasteiger partial charge on any atom is 0.227 e. The quantitative estimate of drug-likeness (QED) is 0.480. The van der Waals surface area contributed by atoms with Crippen LogP contribution in [0.2, 0.25) is 0 Å². The highest BCUT2D eigenvalue weighted by Crippen LogP contribution is 2.56. The van der Waals surface area contributed by atoms with E-state index in [2.05, 4.69) is 61.2 Å². The molecule has 6 rings (SSSR count). The van der Waals surface area contributed by atoms with Crippen molar-refractivity contribution in [2.75, 3.05) is 11.4 Å². The number of nitrogens with zero attached hydrogens (tertiary/aromatic N) is 2. The number of hydrogen-bond donors (Lipinski definition) is 0. The van der Waals surface area contributed by atoms with Crippen LogP contribution in [-0.2, 0) is 4.79 Å². The SMILES string of the molecule is Cc1ccc(-c2ccccc2)c2c1C2N1CC[C@]2(CCC(=O)N2c2cccc(F)c2)C[C@@H]1C. The van der Waals surface area contributed by atoms with Crippen LogP contribution in [0.1, 0.15) is 55.3 Å². The number of benzene rings is 3. The van der Waals surface area contributed by atoms with Crippen molar-refractivity contribution in [3.8, 4) is 11.1 Å². The molecule has 0 radical (unpaired) electrons. The van der Waals surface area contributed by atoms with Gasteiger partial charge in [-0.3, -0.25) is 9.69 Å². The van der Waals surface area contributed by atoms with Gasteiger partial charge in [0.1, 0.15) is 5.82 Å². The molecule has 2 heterocycles. The van der Waals surface area contributed by atoms with E-state index in [1.54, 1.807) is 6.07 Å². The number of piperidine rings is 1. The van der Waals surface area contributed by atoms with Crippen LogP contribution in [0.3, 0.4) is 0 Å². The van der Waals surface area contributed by atoms with E-state index < -0.39 is 0 Å². The second-order valence-corrected chi connectivity index (χ2v) is 10.0. The smallest absolute Gasteiger partial charge is 0.227 e. The third kappa shape index (κ3) is 3.23. The Morgan fingerprint density at radius 3 is 2.55 bits per heavy atom. The summed E-state index contributed by atoms with van der Waals surface area (Å²) >= 11 is 0. The van der Waals surface area contributed by atoms with Gasteiger partial charge in [-0.25, -0.2) is 4.39 Å². The Balaban J connectivity index is 1.29. The molecule has 33 heavy (non-hydrogen) atoms. The summed E-state index contributed by atoms with van der Waals surface area (Å²) in [4.78, 5) is 17.5. The molecular formula is C29H29FN2O. The summed E-state index contributed by atoms with van der Waals surface area (Å²) < 4.78 is 14.0. The summed E-state index contributed by atoms with van der Waals surface area (Å²) in [5.41, 5.74) is 7.41. The monoisotopic (exact) mass is 440 g/mol. The number of hydrogen-bond acceptors (Lipinski definition) is 2. The van der Waals surface area contributed by atoms with Gasteiger partial charge in [-0.05, 0) is 79.1 Å². The maximum atomic E-state index is 14.0. The summed E-state index contributed by atoms with van der Waals surface area (Å²) in [6.45, 7) is 5.45. The average Bonchev–Trinajstić information content (AvgIpc) is 3.47. The number of rotatable bonds is 3. The maximum absolute atomic E-state index is 14.0. The van der Waals surface area contributed by atoms with Crippen molar-refractivity contribution in [3.05, 3.63) is 89.2 Å². The van der Waals surface area contributed by atoms with Crippen molar-refractivity contribution in [2.24, 2.45) is 0 Å². The van der Waals surface area contributed by atoms with Gasteiger partial charge in [0.05, 0.1) is 11.6 Å². The van der Waals surface area contributed by atoms with Crippen LogP contribution < -0.4 is 4.90 Å². The Bertz CT molecular complexity index is 1240. The van der Waals surface area contributed by atoms with Gasteiger partial charge in [-0.2, -0.15) is 0 Å². The van der Waals surface area contributed by atoms with E-state index in [0.717, 1.165) is 25.8 Å². The zero-order chi connectivity index (χ0) is 22.7. The van der Waals surface area contributed by atoms with Crippen molar-refractivity contribution in [2.45, 2.75) is 57.2 Å². The van der Waals surface area contributed by atoms with Crippen LogP contribution in [0.25, 0.3) is 11.1 Å². The lowest BCUT2D eigenvalue weighted by atomic mass is 9.81. The first-order valence-electron chi connectivity index (χ1n) is 12.0. The summed E-state index contributed by atoms with van der Waals surface area (Å²) in [7, 11) is 0. The largest absolute Gasteiger partial charge is 0.306 e. The summed E-state index contributed by atoms with van der Waals surface area (Å²) in [6.07, 6.45) is 3.24. The molecule has 3 atom stereocenters. The Morgan fingerprint density at radius 2 is 1.79 bits per heavy atom. The van der Waals surface area contributed by atoms with Gasteiger partial charge in [0, 0.05) is 24.7 Å². The first-order valence-corrected chi connectivity index (χ1v) is 12.0. The zero-order valence-electron chi connectivity index (χ0n) is 19.2. The number of anilines is 1. The highest BCUT2D eigenvalue weighted by Gasteiger charge is 2.53. The van der Waals surface area contributed by atoms with Gasteiger partial charge < -0.3 is 4.90 Å². The van der Waals surface area contributed by atoms with E-state index in [0.29, 0.717) is 24.2 Å². The molecule has 3 aliphatic rings. The molecule has 4 heteroatoms. The summed E-state index contributed by atoms with van der Waals surface area (Å²) in [5, 5.41) is 0. The molecule has 0 saturated carbocycles. The molecule has 3 aromatic carbocycles. The molecule has 2 fully saturated rings. The van der Waals surface area contributed by atoms with Gasteiger partial charge in [0.25, 0.3) is 0 Å². The molecule has 1 unspecified atom stereocenters. The number of amides is 1. The molecule has 1 aliphatic carbocycles. The van der Waals surface area contributed by atoms with Gasteiger partial charge >= 0.3 is 0 Å². The van der Waals surface area contributed by atoms with E-state index in [1.807, 2.05) is 11.0 Å². The normalized spacial score (nSPS) is 26.6. The molecule has 2 saturated heterocycles. The number of halogens is 1. The van der Waals surface area contributed by atoms with E-state index in [-0.39, 0.29) is 17.3 Å². The molecule has 3 nitrogen and oxygen atoms in total. The van der Waals surface area contributed by atoms with Crippen molar-refractivity contribution in [3.63, 3.8) is 0 Å². The van der Waals surface area contributed by atoms with Crippen LogP contribution in [-0.4, -0.2) is 28.9 Å². The Kier molecular flexibility index (Phi) is 4.70. The highest BCUT2D eigenvalue weighted by molar-refractivity contribution is 5.97. The van der Waals surface area contributed by atoms with E-state index in [1.165, 1.54) is 39.9 Å². The number of carbonyl (C=O) groups excluding carboxylic acids is 1. The minimum atomic E-state index is -0.287. The molecule has 0 N–H and O–H groups in total. The third-order valence-corrected chi connectivity index (χ3v) is 8.06. The van der Waals surface area contributed by atoms with E-state index >= 15 is 0 Å². The van der Waals surface area contributed by atoms with E-state index in [9.17, 15) is 9.18 Å². The molecule has 0 aromatic heterocycles. The molecule has 2 aliphatic heterocycles. The standard InChI is InChI=1S/C29H29FN2O/c1-19-11-12-24(21-7-4-3-5-8-21)27-26(19)28(27)31-16-15-29(18-20(31)2)14-13-25(33)32(29)23-10-6-9-22(30)17-23/h3-12,17,20,28H,13-16,18H2,1-2H3/t20-,28?,29+/m0/s1. The Morgan fingerprint density at radius 1 is 0.970 bits per heavy atom. The number of carbonyl (C=O) groups is 1. The fraction of sp³-hybridized carbons (Fsp3) is 0.345. The van der Waals surface area contributed by atoms with E-state index in [4.69, 9.17) is 0 Å². The second-order valence-electron chi connectivity index (χ2n) is 10.0. The van der Waals surface area contributed by atoms with Crippen LogP contribution in [0.4, 0.5) is 10.1 Å². The second kappa shape index (κ2) is 7.53. The molecular weight excluding hydrogens is 411 g/mol. The number of aryl methyl sites for hydroxylation is 1. The highest BCUT2D eigenvalue weighted by atomic mass is 19.1. The zero-order valence-corrected chi connectivity index (χ0v) is 19.2. The lowest BCUT2D eigenvalue weighted by Crippen LogP contribution is -2.56. The molecule has 3 aromatic rings. The lowest BCUT2D eigenvalue weighted by Gasteiger charge is -2.48. The molecule has 1 spiro atoms. The van der Waals surface area contributed by atoms with Crippen LogP contribution in [0.5, 0.6) is 0 Å². The molecule has 1 amide bonds. The Hall–Kier alpha value is -2.98. The summed E-state index contributed by atoms with van der Waals surface area (Å²) in [5.74, 6) is -0.164. The van der Waals surface area contributed by atoms with Gasteiger partial charge in [0.15, 0.2) is 0 Å². The van der Waals surface area contributed by atoms with Crippen LogP contribution >= 0.6 is 0 Å². The van der Waals surface area contributed by atoms with Crippen molar-refractivity contribution in [1.82, 2.24) is 4.90 Å². The summed E-state index contributed by atoms with van der Waals surface area (Å²) in [6, 6.07) is 22.4. The molecule has 168 valence electrons. The fourth-order valence-electron chi connectivity index (χ4n) is 6.52. The van der Waals surface area contributed by atoms with Gasteiger partial charge in [0.2, 0.25) is 5.91 Å². The fourth-order valence-corrected chi connectivity index (χ4v) is 6.52. The predicted molar refractivity (Wildman–Crippen MR) is 130 cm³/mol. The topological polar surface area (TPSA) is 23.6 Å². The minimum absolute atomic E-state index is 0.123. The van der Waals surface area contributed by atoms with Gasteiger partial charge in [-0.15, -0.1) is 0 Å². The number of fused-ring (bicyclic) bond motifs is 1. The average molecular weight is 441 g/mol. The first-order chi connectivity index (χ1) is 16.0. The third-order valence-electron chi connectivity index (χ3n) is 8.06. The lowest BCUT2D eigenvalue weighted by molar-refractivity contribution is -0.117. The van der Waals surface area contributed by atoms with Crippen LogP contribution in [0, 0.1) is 12.7 Å². The van der Waals surface area contributed by atoms with Crippen molar-refractivity contribution in [1.29, 1.82) is 0 Å². The van der Waals surface area contributed by atoms with Crippen molar-refractivity contribution < 1.29 is 9.18 Å². The van der Waals surface area contributed by atoms with Gasteiger partial charge in [-0.1, -0.05) is 48.5 Å². The molecule has 0 bridgehead atoms. The first kappa shape index (κ1) is 20.6. The minimum Gasteiger partial charge on any atom is -0.306 e. The number of likely N-dealkylation sites (tertiary alicyclic amines) is 1. The van der Waals surface area contributed by atoms with Crippen molar-refractivity contribution >= 4 is 11.6 Å². The predicted octanol–water partition coefficient (Wildman–Crippen LogP) is 6.25.